The number of benzene rings is 1. The third-order valence-electron chi connectivity index (χ3n) is 1.82. The molecule has 1 atom stereocenters. The molecule has 2 rings (SSSR count). The van der Waals surface area contributed by atoms with E-state index in [0.29, 0.717) is 6.10 Å². The molecule has 0 N–H and O–H groups in total. The third-order valence-corrected chi connectivity index (χ3v) is 1.82. The Kier molecular flexibility index (Phi) is 1.91. The second-order valence-electron chi connectivity index (χ2n) is 2.81. The predicted molar refractivity (Wildman–Crippen MR) is 44.2 cm³/mol. The Morgan fingerprint density at radius 3 is 2.73 bits per heavy atom. The topological polar surface area (TPSA) is 12.5 Å². The van der Waals surface area contributed by atoms with Crippen LogP contribution >= 0.6 is 0 Å². The first-order chi connectivity index (χ1) is 5.45. The van der Waals surface area contributed by atoms with Crippen LogP contribution in [-0.4, -0.2) is 12.7 Å². The minimum atomic E-state index is 0.509. The third kappa shape index (κ3) is 2.05. The summed E-state index contributed by atoms with van der Waals surface area (Å²) in [5, 5.41) is 0. The lowest BCUT2D eigenvalue weighted by Crippen LogP contribution is -1.87. The first-order valence-electron chi connectivity index (χ1n) is 3.95. The molecular formula is C10H11O. The molecule has 1 saturated heterocycles. The largest absolute Gasteiger partial charge is 0.373 e. The lowest BCUT2D eigenvalue weighted by molar-refractivity contribution is 0.407. The molecule has 1 heterocycles. The summed E-state index contributed by atoms with van der Waals surface area (Å²) in [5.74, 6) is 0. The van der Waals surface area contributed by atoms with Gasteiger partial charge in [0.2, 0.25) is 0 Å². The zero-order chi connectivity index (χ0) is 7.52. The SMILES string of the molecule is [CH](CC1CO1)c1ccccc1. The zero-order valence-electron chi connectivity index (χ0n) is 6.36. The molecule has 0 bridgehead atoms. The van der Waals surface area contributed by atoms with Crippen LogP contribution in [0.1, 0.15) is 12.0 Å². The van der Waals surface area contributed by atoms with Gasteiger partial charge in [-0.25, -0.2) is 0 Å². The molecule has 1 fully saturated rings. The van der Waals surface area contributed by atoms with Crippen molar-refractivity contribution >= 4 is 0 Å². The lowest BCUT2D eigenvalue weighted by Gasteiger charge is -1.95. The highest BCUT2D eigenvalue weighted by molar-refractivity contribution is 5.22. The maximum atomic E-state index is 5.10. The van der Waals surface area contributed by atoms with E-state index in [0.717, 1.165) is 13.0 Å². The maximum Gasteiger partial charge on any atom is 0.0816 e. The van der Waals surface area contributed by atoms with Crippen LogP contribution in [0.4, 0.5) is 0 Å². The van der Waals surface area contributed by atoms with E-state index < -0.39 is 0 Å². The number of epoxide rings is 1. The van der Waals surface area contributed by atoms with Crippen LogP contribution in [0.15, 0.2) is 30.3 Å². The second-order valence-corrected chi connectivity index (χ2v) is 2.81. The normalized spacial score (nSPS) is 21.6. The maximum absolute atomic E-state index is 5.10. The Hall–Kier alpha value is -0.820. The smallest absolute Gasteiger partial charge is 0.0816 e. The van der Waals surface area contributed by atoms with Crippen molar-refractivity contribution < 1.29 is 4.74 Å². The summed E-state index contributed by atoms with van der Waals surface area (Å²) < 4.78 is 5.10. The fourth-order valence-electron chi connectivity index (χ4n) is 1.06. The van der Waals surface area contributed by atoms with Crippen molar-refractivity contribution in [2.75, 3.05) is 6.61 Å². The molecule has 1 heteroatoms. The molecule has 1 nitrogen and oxygen atoms in total. The Morgan fingerprint density at radius 1 is 1.36 bits per heavy atom. The van der Waals surface area contributed by atoms with Gasteiger partial charge in [0.15, 0.2) is 0 Å². The van der Waals surface area contributed by atoms with Gasteiger partial charge in [-0.15, -0.1) is 0 Å². The molecule has 0 aromatic heterocycles. The van der Waals surface area contributed by atoms with E-state index in [4.69, 9.17) is 4.74 Å². The van der Waals surface area contributed by atoms with Crippen molar-refractivity contribution in [2.45, 2.75) is 12.5 Å². The van der Waals surface area contributed by atoms with Gasteiger partial charge in [-0.05, 0) is 18.4 Å². The average molecular weight is 147 g/mol. The molecule has 1 unspecified atom stereocenters. The van der Waals surface area contributed by atoms with E-state index in [1.807, 2.05) is 6.07 Å². The van der Waals surface area contributed by atoms with Gasteiger partial charge < -0.3 is 4.74 Å². The number of ether oxygens (including phenoxy) is 1. The molecule has 0 saturated carbocycles. The molecule has 1 radical (unpaired) electrons. The summed E-state index contributed by atoms with van der Waals surface area (Å²) in [5.41, 5.74) is 1.29. The van der Waals surface area contributed by atoms with Gasteiger partial charge in [0, 0.05) is 0 Å². The molecule has 57 valence electrons. The molecule has 1 aromatic carbocycles. The molecule has 0 aliphatic carbocycles. The van der Waals surface area contributed by atoms with Gasteiger partial charge in [0.05, 0.1) is 12.7 Å². The number of hydrogen-bond acceptors (Lipinski definition) is 1. The summed E-state index contributed by atoms with van der Waals surface area (Å²) in [6, 6.07) is 10.4. The predicted octanol–water partition coefficient (Wildman–Crippen LogP) is 2.03. The summed E-state index contributed by atoms with van der Waals surface area (Å²) in [4.78, 5) is 0. The number of rotatable bonds is 3. The highest BCUT2D eigenvalue weighted by atomic mass is 16.6. The molecule has 1 aromatic rings. The van der Waals surface area contributed by atoms with Gasteiger partial charge in [-0.1, -0.05) is 30.3 Å². The Morgan fingerprint density at radius 2 is 2.09 bits per heavy atom. The van der Waals surface area contributed by atoms with Crippen LogP contribution in [0.3, 0.4) is 0 Å². The summed E-state index contributed by atoms with van der Waals surface area (Å²) in [6.07, 6.45) is 3.79. The van der Waals surface area contributed by atoms with Gasteiger partial charge >= 0.3 is 0 Å². The second kappa shape index (κ2) is 3.05. The van der Waals surface area contributed by atoms with Crippen LogP contribution < -0.4 is 0 Å². The van der Waals surface area contributed by atoms with Crippen molar-refractivity contribution in [3.8, 4) is 0 Å². The Labute approximate surface area is 67.0 Å². The molecule has 1 aliphatic heterocycles. The van der Waals surface area contributed by atoms with E-state index in [2.05, 4.69) is 30.7 Å². The van der Waals surface area contributed by atoms with Crippen LogP contribution in [0, 0.1) is 6.42 Å². The molecule has 0 spiro atoms. The summed E-state index contributed by atoms with van der Waals surface area (Å²) in [6.45, 7) is 0.948. The fourth-order valence-corrected chi connectivity index (χ4v) is 1.06. The van der Waals surface area contributed by atoms with Gasteiger partial charge in [0.25, 0.3) is 0 Å². The fraction of sp³-hybridized carbons (Fsp3) is 0.300. The average Bonchev–Trinajstić information content (AvgIpc) is 2.86. The van der Waals surface area contributed by atoms with Crippen molar-refractivity contribution in [3.05, 3.63) is 42.3 Å². The summed E-state index contributed by atoms with van der Waals surface area (Å²) in [7, 11) is 0. The van der Waals surface area contributed by atoms with Crippen LogP contribution in [0.25, 0.3) is 0 Å². The van der Waals surface area contributed by atoms with Crippen LogP contribution in [0.5, 0.6) is 0 Å². The minimum Gasteiger partial charge on any atom is -0.373 e. The lowest BCUT2D eigenvalue weighted by atomic mass is 10.1. The van der Waals surface area contributed by atoms with E-state index in [1.54, 1.807) is 0 Å². The quantitative estimate of drug-likeness (QED) is 0.596. The van der Waals surface area contributed by atoms with E-state index in [9.17, 15) is 0 Å². The minimum absolute atomic E-state index is 0.509. The Balaban J connectivity index is 1.85. The first-order valence-corrected chi connectivity index (χ1v) is 3.95. The first kappa shape index (κ1) is 6.86. The molecule has 11 heavy (non-hydrogen) atoms. The van der Waals surface area contributed by atoms with Crippen LogP contribution in [0.2, 0.25) is 0 Å². The van der Waals surface area contributed by atoms with Crippen molar-refractivity contribution in [2.24, 2.45) is 0 Å². The zero-order valence-corrected chi connectivity index (χ0v) is 6.36. The van der Waals surface area contributed by atoms with Gasteiger partial charge in [-0.3, -0.25) is 0 Å². The van der Waals surface area contributed by atoms with Gasteiger partial charge in [0.1, 0.15) is 0 Å². The molecule has 0 amide bonds. The standard InChI is InChI=1S/C10H11O/c1-2-4-9(5-3-1)6-7-10-8-11-10/h1-6,10H,7-8H2. The highest BCUT2D eigenvalue weighted by Gasteiger charge is 2.21. The van der Waals surface area contributed by atoms with E-state index in [1.165, 1.54) is 5.56 Å². The Bertz CT molecular complexity index is 214. The monoisotopic (exact) mass is 147 g/mol. The van der Waals surface area contributed by atoms with Crippen molar-refractivity contribution in [3.63, 3.8) is 0 Å². The molecule has 1 aliphatic rings. The van der Waals surface area contributed by atoms with Gasteiger partial charge in [-0.2, -0.15) is 0 Å². The summed E-state index contributed by atoms with van der Waals surface area (Å²) >= 11 is 0. The van der Waals surface area contributed by atoms with E-state index in [-0.39, 0.29) is 0 Å². The van der Waals surface area contributed by atoms with Crippen molar-refractivity contribution in [1.29, 1.82) is 0 Å². The van der Waals surface area contributed by atoms with E-state index >= 15 is 0 Å². The highest BCUT2D eigenvalue weighted by Crippen LogP contribution is 2.17. The molecular weight excluding hydrogens is 136 g/mol. The number of hydrogen-bond donors (Lipinski definition) is 0. The van der Waals surface area contributed by atoms with Crippen LogP contribution in [-0.2, 0) is 4.74 Å². The van der Waals surface area contributed by atoms with Crippen molar-refractivity contribution in [1.82, 2.24) is 0 Å².